The van der Waals surface area contributed by atoms with Gasteiger partial charge in [0, 0.05) is 5.92 Å². The number of alkyl carbamates (subject to hydrolysis) is 1. The molecule has 1 amide bonds. The molecule has 3 rings (SSSR count). The van der Waals surface area contributed by atoms with Gasteiger partial charge in [0.05, 0.1) is 0 Å². The molecule has 0 saturated heterocycles. The highest BCUT2D eigenvalue weighted by Gasteiger charge is 2.35. The zero-order chi connectivity index (χ0) is 16.9. The molecule has 2 aromatic carbocycles. The molecule has 0 bridgehead atoms. The molecule has 0 heterocycles. The lowest BCUT2D eigenvalue weighted by Gasteiger charge is -2.21. The Labute approximate surface area is 140 Å². The number of aryl methyl sites for hydroxylation is 1. The molecular weight excluding hydrogens is 306 g/mol. The number of nitrogens with one attached hydrogen (secondary N) is 1. The third-order valence-corrected chi connectivity index (χ3v) is 4.33. The fourth-order valence-corrected chi connectivity index (χ4v) is 3.16. The molecule has 2 atom stereocenters. The molecule has 124 valence electrons. The number of carboxylic acid groups (broad SMARTS) is 1. The number of carbonyl (C=O) groups is 2. The van der Waals surface area contributed by atoms with Gasteiger partial charge in [-0.05, 0) is 29.5 Å². The lowest BCUT2D eigenvalue weighted by atomic mass is 9.93. The van der Waals surface area contributed by atoms with Crippen molar-refractivity contribution in [3.05, 3.63) is 71.3 Å². The predicted octanol–water partition coefficient (Wildman–Crippen LogP) is 3.10. The van der Waals surface area contributed by atoms with Gasteiger partial charge in [0.15, 0.2) is 0 Å². The lowest BCUT2D eigenvalue weighted by molar-refractivity contribution is -0.140. The number of amides is 1. The van der Waals surface area contributed by atoms with Crippen LogP contribution >= 0.6 is 0 Å². The van der Waals surface area contributed by atoms with Crippen LogP contribution < -0.4 is 5.32 Å². The van der Waals surface area contributed by atoms with Crippen molar-refractivity contribution in [2.45, 2.75) is 31.4 Å². The van der Waals surface area contributed by atoms with Crippen LogP contribution in [0.3, 0.4) is 0 Å². The molecule has 0 spiro atoms. The van der Waals surface area contributed by atoms with Gasteiger partial charge >= 0.3 is 12.1 Å². The molecule has 2 N–H and O–H groups in total. The smallest absolute Gasteiger partial charge is 0.408 e. The van der Waals surface area contributed by atoms with Crippen LogP contribution in [0.5, 0.6) is 0 Å². The molecule has 1 aliphatic carbocycles. The summed E-state index contributed by atoms with van der Waals surface area (Å²) in [7, 11) is 0. The first kappa shape index (κ1) is 16.1. The lowest BCUT2D eigenvalue weighted by Crippen LogP contribution is -2.44. The van der Waals surface area contributed by atoms with Gasteiger partial charge in [0.25, 0.3) is 0 Å². The van der Waals surface area contributed by atoms with Crippen molar-refractivity contribution in [1.82, 2.24) is 5.32 Å². The van der Waals surface area contributed by atoms with Crippen molar-refractivity contribution in [3.63, 3.8) is 0 Å². The number of rotatable bonds is 5. The molecular formula is C19H19NO4. The highest BCUT2D eigenvalue weighted by molar-refractivity contribution is 5.81. The van der Waals surface area contributed by atoms with E-state index in [9.17, 15) is 14.7 Å². The number of fused-ring (bicyclic) bond motifs is 1. The summed E-state index contributed by atoms with van der Waals surface area (Å²) in [6, 6.07) is 16.0. The number of ether oxygens (including phenoxy) is 1. The zero-order valence-corrected chi connectivity index (χ0v) is 13.1. The Morgan fingerprint density at radius 2 is 1.83 bits per heavy atom. The zero-order valence-electron chi connectivity index (χ0n) is 13.1. The van der Waals surface area contributed by atoms with Gasteiger partial charge in [-0.25, -0.2) is 9.59 Å². The van der Waals surface area contributed by atoms with E-state index >= 15 is 0 Å². The van der Waals surface area contributed by atoms with Crippen molar-refractivity contribution >= 4 is 12.1 Å². The van der Waals surface area contributed by atoms with E-state index < -0.39 is 18.1 Å². The number of carbonyl (C=O) groups excluding carboxylic acids is 1. The second-order valence-electron chi connectivity index (χ2n) is 5.87. The third kappa shape index (κ3) is 3.56. The van der Waals surface area contributed by atoms with Crippen LogP contribution in [-0.2, 0) is 22.6 Å². The Bertz CT molecular complexity index is 729. The molecule has 1 unspecified atom stereocenters. The van der Waals surface area contributed by atoms with Crippen LogP contribution in [-0.4, -0.2) is 23.2 Å². The maximum Gasteiger partial charge on any atom is 0.408 e. The molecule has 0 radical (unpaired) electrons. The molecule has 24 heavy (non-hydrogen) atoms. The first-order chi connectivity index (χ1) is 11.6. The minimum absolute atomic E-state index is 0.111. The first-order valence-corrected chi connectivity index (χ1v) is 7.93. The number of carboxylic acids is 1. The van der Waals surface area contributed by atoms with Crippen LogP contribution in [0.4, 0.5) is 4.79 Å². The minimum atomic E-state index is -1.05. The van der Waals surface area contributed by atoms with Crippen molar-refractivity contribution in [2.24, 2.45) is 0 Å². The number of hydrogen-bond donors (Lipinski definition) is 2. The third-order valence-electron chi connectivity index (χ3n) is 4.33. The first-order valence-electron chi connectivity index (χ1n) is 7.93. The Balaban J connectivity index is 1.65. The summed E-state index contributed by atoms with van der Waals surface area (Å²) in [6.07, 6.45) is 0.816. The molecule has 0 fully saturated rings. The Hall–Kier alpha value is -2.82. The maximum absolute atomic E-state index is 12.0. The van der Waals surface area contributed by atoms with Crippen LogP contribution in [0.2, 0.25) is 0 Å². The van der Waals surface area contributed by atoms with Crippen LogP contribution in [0.1, 0.15) is 29.0 Å². The van der Waals surface area contributed by atoms with Gasteiger partial charge in [-0.1, -0.05) is 54.6 Å². The SMILES string of the molecule is O=C(N[C@@H](C(=O)O)C1CCc2ccccc21)OCc1ccccc1. The van der Waals surface area contributed by atoms with Crippen LogP contribution in [0.15, 0.2) is 54.6 Å². The fraction of sp³-hybridized carbons (Fsp3) is 0.263. The van der Waals surface area contributed by atoms with Gasteiger partial charge in [-0.2, -0.15) is 0 Å². The predicted molar refractivity (Wildman–Crippen MR) is 88.7 cm³/mol. The summed E-state index contributed by atoms with van der Waals surface area (Å²) in [5, 5.41) is 12.0. The van der Waals surface area contributed by atoms with E-state index in [1.807, 2.05) is 54.6 Å². The van der Waals surface area contributed by atoms with Crippen molar-refractivity contribution in [2.75, 3.05) is 0 Å². The van der Waals surface area contributed by atoms with Gasteiger partial charge in [-0.15, -0.1) is 0 Å². The van der Waals surface area contributed by atoms with Crippen LogP contribution in [0.25, 0.3) is 0 Å². The summed E-state index contributed by atoms with van der Waals surface area (Å²) >= 11 is 0. The summed E-state index contributed by atoms with van der Waals surface area (Å²) in [5.41, 5.74) is 2.99. The van der Waals surface area contributed by atoms with Crippen molar-refractivity contribution in [3.8, 4) is 0 Å². The van der Waals surface area contributed by atoms with E-state index in [-0.39, 0.29) is 12.5 Å². The van der Waals surface area contributed by atoms with Crippen molar-refractivity contribution < 1.29 is 19.4 Å². The topological polar surface area (TPSA) is 75.6 Å². The van der Waals surface area contributed by atoms with E-state index in [0.29, 0.717) is 6.42 Å². The molecule has 0 saturated carbocycles. The minimum Gasteiger partial charge on any atom is -0.480 e. The fourth-order valence-electron chi connectivity index (χ4n) is 3.16. The Morgan fingerprint density at radius 1 is 1.12 bits per heavy atom. The van der Waals surface area contributed by atoms with Gasteiger partial charge in [-0.3, -0.25) is 0 Å². The van der Waals surface area contributed by atoms with Gasteiger partial charge in [0.1, 0.15) is 12.6 Å². The Morgan fingerprint density at radius 3 is 2.58 bits per heavy atom. The standard InChI is InChI=1S/C19H19NO4/c21-18(22)17(16-11-10-14-8-4-5-9-15(14)16)20-19(23)24-12-13-6-2-1-3-7-13/h1-9,16-17H,10-12H2,(H,20,23)(H,21,22)/t16?,17-/m1/s1. The summed E-state index contributed by atoms with van der Waals surface area (Å²) in [5.74, 6) is -1.28. The maximum atomic E-state index is 12.0. The van der Waals surface area contributed by atoms with E-state index in [0.717, 1.165) is 23.1 Å². The molecule has 5 nitrogen and oxygen atoms in total. The van der Waals surface area contributed by atoms with E-state index in [4.69, 9.17) is 4.74 Å². The van der Waals surface area contributed by atoms with Crippen molar-refractivity contribution in [1.29, 1.82) is 0 Å². The quantitative estimate of drug-likeness (QED) is 0.886. The van der Waals surface area contributed by atoms with E-state index in [2.05, 4.69) is 5.32 Å². The number of aliphatic carboxylic acids is 1. The van der Waals surface area contributed by atoms with E-state index in [1.54, 1.807) is 0 Å². The van der Waals surface area contributed by atoms with Gasteiger partial charge < -0.3 is 15.2 Å². The molecule has 0 aliphatic heterocycles. The molecule has 2 aromatic rings. The second-order valence-corrected chi connectivity index (χ2v) is 5.87. The summed E-state index contributed by atoms with van der Waals surface area (Å²) < 4.78 is 5.14. The number of benzene rings is 2. The Kier molecular flexibility index (Phi) is 4.79. The molecule has 0 aromatic heterocycles. The van der Waals surface area contributed by atoms with E-state index in [1.165, 1.54) is 0 Å². The monoisotopic (exact) mass is 325 g/mol. The average molecular weight is 325 g/mol. The number of hydrogen-bond acceptors (Lipinski definition) is 3. The highest BCUT2D eigenvalue weighted by atomic mass is 16.5. The largest absolute Gasteiger partial charge is 0.480 e. The normalized spacial score (nSPS) is 16.9. The molecule has 1 aliphatic rings. The summed E-state index contributed by atoms with van der Waals surface area (Å²) in [6.45, 7) is 0.111. The van der Waals surface area contributed by atoms with Gasteiger partial charge in [0.2, 0.25) is 0 Å². The molecule has 5 heteroatoms. The second kappa shape index (κ2) is 7.17. The van der Waals surface area contributed by atoms with Crippen LogP contribution in [0, 0.1) is 0 Å². The summed E-state index contributed by atoms with van der Waals surface area (Å²) in [4.78, 5) is 23.6. The average Bonchev–Trinajstić information content (AvgIpc) is 3.02. The highest BCUT2D eigenvalue weighted by Crippen LogP contribution is 2.35.